The summed E-state index contributed by atoms with van der Waals surface area (Å²) in [4.78, 5) is 52.4. The molecule has 75 heavy (non-hydrogen) atoms. The average Bonchev–Trinajstić information content (AvgIpc) is 4.12. The van der Waals surface area contributed by atoms with Crippen LogP contribution < -0.4 is 14.8 Å². The van der Waals surface area contributed by atoms with E-state index in [1.807, 2.05) is 194 Å². The van der Waals surface area contributed by atoms with Gasteiger partial charge in [-0.1, -0.05) is 194 Å². The number of amides is 1. The van der Waals surface area contributed by atoms with Crippen molar-refractivity contribution in [2.75, 3.05) is 14.2 Å². The molecule has 2 aliphatic rings. The lowest BCUT2D eigenvalue weighted by atomic mass is 9.99. The van der Waals surface area contributed by atoms with E-state index in [2.05, 4.69) is 5.32 Å². The number of nitrogens with zero attached hydrogens (tertiary/aromatic N) is 1. The number of ether oxygens (including phenoxy) is 6. The van der Waals surface area contributed by atoms with Crippen LogP contribution in [0, 0.1) is 0 Å². The molecule has 2 heterocycles. The zero-order valence-electron chi connectivity index (χ0n) is 41.2. The number of hydrogen-bond donors (Lipinski definition) is 1. The minimum Gasteiger partial charge on any atom is -0.497 e. The van der Waals surface area contributed by atoms with E-state index < -0.39 is 41.9 Å². The number of rotatable bonds is 14. The molecule has 2 fully saturated rings. The highest BCUT2D eigenvalue weighted by Gasteiger charge is 2.50. The van der Waals surface area contributed by atoms with Crippen molar-refractivity contribution in [3.8, 4) is 11.5 Å². The minimum atomic E-state index is -1.02. The number of benzene rings is 8. The summed E-state index contributed by atoms with van der Waals surface area (Å²) in [5.41, 5.74) is 6.26. The summed E-state index contributed by atoms with van der Waals surface area (Å²) >= 11 is 5.16. The fourth-order valence-corrected chi connectivity index (χ4v) is 8.62. The number of halogens is 1. The van der Waals surface area contributed by atoms with Gasteiger partial charge in [-0.25, -0.2) is 9.59 Å². The van der Waals surface area contributed by atoms with Gasteiger partial charge in [0, 0.05) is 16.7 Å². The van der Waals surface area contributed by atoms with Gasteiger partial charge in [0.1, 0.15) is 30.9 Å². The van der Waals surface area contributed by atoms with E-state index in [-0.39, 0.29) is 31.1 Å². The molecule has 2 saturated heterocycles. The van der Waals surface area contributed by atoms with Crippen LogP contribution in [-0.4, -0.2) is 54.4 Å². The number of carbonyl (C=O) groups excluding carboxylic acids is 4. The second kappa shape index (κ2) is 26.5. The van der Waals surface area contributed by atoms with Gasteiger partial charge in [-0.2, -0.15) is 0 Å². The van der Waals surface area contributed by atoms with Gasteiger partial charge in [-0.15, -0.1) is 0 Å². The van der Waals surface area contributed by atoms with Gasteiger partial charge in [0.15, 0.2) is 18.4 Å². The largest absolute Gasteiger partial charge is 0.497 e. The number of methoxy groups -OCH3 is 2. The Morgan fingerprint density at radius 1 is 0.467 bits per heavy atom. The maximum Gasteiger partial charge on any atom is 0.338 e. The molecule has 13 heteroatoms. The third-order valence-corrected chi connectivity index (χ3v) is 12.5. The maximum atomic E-state index is 14.0. The molecule has 0 aliphatic carbocycles. The smallest absolute Gasteiger partial charge is 0.338 e. The lowest BCUT2D eigenvalue weighted by Gasteiger charge is -2.29. The van der Waals surface area contributed by atoms with Crippen molar-refractivity contribution in [1.29, 1.82) is 0 Å². The molecule has 380 valence electrons. The van der Waals surface area contributed by atoms with E-state index in [0.29, 0.717) is 16.9 Å². The first kappa shape index (κ1) is 52.9. The molecule has 0 saturated carbocycles. The van der Waals surface area contributed by atoms with Crippen molar-refractivity contribution < 1.29 is 47.6 Å². The van der Waals surface area contributed by atoms with Gasteiger partial charge in [0.05, 0.1) is 26.3 Å². The molecule has 0 spiro atoms. The molecular weight excluding hydrogens is 968 g/mol. The Morgan fingerprint density at radius 2 is 0.880 bits per heavy atom. The normalized spacial score (nSPS) is 18.5. The molecule has 8 aromatic carbocycles. The van der Waals surface area contributed by atoms with Crippen molar-refractivity contribution in [2.24, 2.45) is 0 Å². The second-order valence-corrected chi connectivity index (χ2v) is 17.6. The summed E-state index contributed by atoms with van der Waals surface area (Å²) in [6, 6.07) is 70.0. The predicted octanol–water partition coefficient (Wildman–Crippen LogP) is 12.0. The van der Waals surface area contributed by atoms with Crippen LogP contribution >= 0.6 is 11.6 Å². The average molecular weight is 1020 g/mol. The molecule has 8 aromatic rings. The predicted molar refractivity (Wildman–Crippen MR) is 284 cm³/mol. The fraction of sp³-hybridized carbons (Fsp3) is 0.161. The minimum absolute atomic E-state index is 0.112. The number of esters is 2. The quantitative estimate of drug-likeness (QED) is 0.0822. The Labute approximate surface area is 441 Å². The van der Waals surface area contributed by atoms with Gasteiger partial charge in [-0.05, 0) is 75.8 Å². The molecule has 12 nitrogen and oxygen atoms in total. The highest BCUT2D eigenvalue weighted by atomic mass is 35.5. The second-order valence-electron chi connectivity index (χ2n) is 17.2. The topological polar surface area (TPSA) is 139 Å². The lowest BCUT2D eigenvalue weighted by Crippen LogP contribution is -2.37. The summed E-state index contributed by atoms with van der Waals surface area (Å²) in [5.74, 6) is 0.297. The summed E-state index contributed by atoms with van der Waals surface area (Å²) in [6.07, 6.45) is -2.99. The highest BCUT2D eigenvalue weighted by Crippen LogP contribution is 2.45. The van der Waals surface area contributed by atoms with E-state index in [0.717, 1.165) is 39.1 Å². The molecule has 6 atom stereocenters. The zero-order valence-corrected chi connectivity index (χ0v) is 42.0. The van der Waals surface area contributed by atoms with E-state index in [9.17, 15) is 19.2 Å². The number of nitrogens with one attached hydrogen (secondary N) is 1. The van der Waals surface area contributed by atoms with Crippen molar-refractivity contribution in [3.05, 3.63) is 275 Å². The van der Waals surface area contributed by atoms with Crippen LogP contribution in [0.3, 0.4) is 0 Å². The maximum absolute atomic E-state index is 14.0. The van der Waals surface area contributed by atoms with E-state index in [1.165, 1.54) is 0 Å². The van der Waals surface area contributed by atoms with E-state index in [1.54, 1.807) is 55.5 Å². The third kappa shape index (κ3) is 14.0. The zero-order chi connectivity index (χ0) is 52.4. The van der Waals surface area contributed by atoms with Gasteiger partial charge in [0.25, 0.3) is 11.1 Å². The number of carbonyl (C=O) groups is 4. The summed E-state index contributed by atoms with van der Waals surface area (Å²) in [7, 11) is 3.22. The summed E-state index contributed by atoms with van der Waals surface area (Å²) in [5, 5.41) is 3.02. The monoisotopic (exact) mass is 1020 g/mol. The summed E-state index contributed by atoms with van der Waals surface area (Å²) in [6.45, 7) is 0.328. The van der Waals surface area contributed by atoms with Crippen LogP contribution in [-0.2, 0) is 41.8 Å². The third-order valence-electron chi connectivity index (χ3n) is 12.3. The molecule has 0 aromatic heterocycles. The molecule has 0 bridgehead atoms. The van der Waals surface area contributed by atoms with E-state index >= 15 is 0 Å². The van der Waals surface area contributed by atoms with Crippen molar-refractivity contribution >= 4 is 34.7 Å². The fourth-order valence-electron chi connectivity index (χ4n) is 8.49. The van der Waals surface area contributed by atoms with Crippen molar-refractivity contribution in [3.63, 3.8) is 0 Å². The standard InChI is InChI=1S/C31H27NO5.C24H23NO4.C7H5ClO/c1-35-26-19-17-25(18-20-26)30-32(29(33)24-15-9-4-10-16-24)27(23-13-7-3-8-14-23)28(37-30)31(34)36-21-22-11-5-2-6-12-22;1-27-20-14-12-19(13-15-20)23-25-21(18-10-6-3-7-11-18)22(29-23)24(26)28-16-17-8-4-2-5-9-17;8-7(9)6-4-2-1-3-5-6/h2-20,27-28,30H,21H2,1H3;2-15,21-23,25H,16H2,1H3;1-5H/t27-,28+,30?;21-,22+,23?;/m00./s1. The van der Waals surface area contributed by atoms with E-state index in [4.69, 9.17) is 40.0 Å². The van der Waals surface area contributed by atoms with Crippen LogP contribution in [0.1, 0.15) is 78.6 Å². The molecule has 0 radical (unpaired) electrons. The Balaban J connectivity index is 0.000000174. The highest BCUT2D eigenvalue weighted by molar-refractivity contribution is 6.67. The van der Waals surface area contributed by atoms with Crippen molar-refractivity contribution in [1.82, 2.24) is 10.2 Å². The molecule has 1 amide bonds. The molecule has 1 N–H and O–H groups in total. The first-order valence-corrected chi connectivity index (χ1v) is 24.6. The lowest BCUT2D eigenvalue weighted by molar-refractivity contribution is -0.159. The Kier molecular flexibility index (Phi) is 18.7. The first-order chi connectivity index (χ1) is 36.7. The number of hydrogen-bond acceptors (Lipinski definition) is 11. The van der Waals surface area contributed by atoms with Crippen LogP contribution in [0.4, 0.5) is 0 Å². The van der Waals surface area contributed by atoms with Crippen molar-refractivity contribution in [2.45, 2.75) is 50.0 Å². The molecular formula is C62H55ClN2O10. The molecule has 10 rings (SSSR count). The van der Waals surface area contributed by atoms with Gasteiger partial charge in [0.2, 0.25) is 0 Å². The SMILES string of the molecule is COc1ccc(C2N[C@@H](c3ccccc3)[C@H](C(=O)OCc3ccccc3)O2)cc1.COc1ccc(C2O[C@@H](C(=O)OCc3ccccc3)[C@H](c3ccccc3)N2C(=O)c2ccccc2)cc1.O=C(Cl)c1ccccc1. The van der Waals surface area contributed by atoms with Crippen LogP contribution in [0.2, 0.25) is 0 Å². The Hall–Kier alpha value is -8.39. The Bertz CT molecular complexity index is 3050. The van der Waals surface area contributed by atoms with Crippen LogP contribution in [0.15, 0.2) is 231 Å². The van der Waals surface area contributed by atoms with Gasteiger partial charge < -0.3 is 28.4 Å². The first-order valence-electron chi connectivity index (χ1n) is 24.2. The molecule has 2 aliphatic heterocycles. The van der Waals surface area contributed by atoms with Gasteiger partial charge >= 0.3 is 11.9 Å². The Morgan fingerprint density at radius 3 is 1.33 bits per heavy atom. The van der Waals surface area contributed by atoms with Crippen LogP contribution in [0.5, 0.6) is 11.5 Å². The molecule has 2 unspecified atom stereocenters. The van der Waals surface area contributed by atoms with Gasteiger partial charge in [-0.3, -0.25) is 19.8 Å². The summed E-state index contributed by atoms with van der Waals surface area (Å²) < 4.78 is 34.3. The van der Waals surface area contributed by atoms with Crippen LogP contribution in [0.25, 0.3) is 0 Å².